The maximum absolute atomic E-state index is 13.3. The van der Waals surface area contributed by atoms with Crippen LogP contribution in [0, 0.1) is 5.82 Å². The third-order valence-electron chi connectivity index (χ3n) is 3.79. The van der Waals surface area contributed by atoms with E-state index < -0.39 is 18.5 Å². The second-order valence-corrected chi connectivity index (χ2v) is 5.49. The fourth-order valence-corrected chi connectivity index (χ4v) is 2.80. The largest absolute Gasteiger partial charge is 0.433 e. The maximum Gasteiger partial charge on any atom is 0.387 e. The first-order valence-electron chi connectivity index (χ1n) is 7.40. The van der Waals surface area contributed by atoms with Gasteiger partial charge in [-0.3, -0.25) is 0 Å². The number of amides is 2. The summed E-state index contributed by atoms with van der Waals surface area (Å²) in [6.45, 7) is -3.07. The number of nitrogens with one attached hydrogen (secondary N) is 2. The average molecular weight is 336 g/mol. The van der Waals surface area contributed by atoms with Crippen LogP contribution in [-0.4, -0.2) is 18.7 Å². The molecule has 3 rings (SSSR count). The van der Waals surface area contributed by atoms with Gasteiger partial charge in [0.25, 0.3) is 0 Å². The maximum atomic E-state index is 13.3. The van der Waals surface area contributed by atoms with Crippen molar-refractivity contribution in [2.45, 2.75) is 25.5 Å². The van der Waals surface area contributed by atoms with Crippen LogP contribution in [0.5, 0.6) is 5.75 Å². The van der Waals surface area contributed by atoms with Gasteiger partial charge in [-0.05, 0) is 36.1 Å². The molecule has 1 aliphatic rings. The van der Waals surface area contributed by atoms with E-state index >= 15 is 0 Å². The molecule has 0 saturated heterocycles. The zero-order valence-electron chi connectivity index (χ0n) is 12.6. The van der Waals surface area contributed by atoms with Crippen molar-refractivity contribution in [1.82, 2.24) is 5.32 Å². The number of carbonyl (C=O) groups excluding carboxylic acids is 1. The fourth-order valence-electron chi connectivity index (χ4n) is 2.80. The molecule has 7 heteroatoms. The average Bonchev–Trinajstić information content (AvgIpc) is 2.91. The van der Waals surface area contributed by atoms with Gasteiger partial charge in [0.2, 0.25) is 0 Å². The third-order valence-corrected chi connectivity index (χ3v) is 3.79. The summed E-state index contributed by atoms with van der Waals surface area (Å²) in [7, 11) is 0. The minimum absolute atomic E-state index is 0.101. The molecule has 0 radical (unpaired) electrons. The highest BCUT2D eigenvalue weighted by molar-refractivity contribution is 5.91. The van der Waals surface area contributed by atoms with E-state index in [9.17, 15) is 18.0 Å². The number of carbonyl (C=O) groups is 1. The Morgan fingerprint density at radius 2 is 1.79 bits per heavy atom. The molecule has 0 unspecified atom stereocenters. The molecule has 0 heterocycles. The lowest BCUT2D eigenvalue weighted by Gasteiger charge is -2.15. The van der Waals surface area contributed by atoms with E-state index in [0.29, 0.717) is 12.8 Å². The van der Waals surface area contributed by atoms with E-state index in [2.05, 4.69) is 15.4 Å². The molecule has 0 spiro atoms. The first kappa shape index (κ1) is 16.2. The number of hydrogen-bond donors (Lipinski definition) is 2. The van der Waals surface area contributed by atoms with Crippen molar-refractivity contribution in [3.8, 4) is 5.75 Å². The Balaban J connectivity index is 1.64. The number of anilines is 1. The van der Waals surface area contributed by atoms with E-state index in [1.54, 1.807) is 0 Å². The van der Waals surface area contributed by atoms with Crippen LogP contribution in [0.2, 0.25) is 0 Å². The lowest BCUT2D eigenvalue weighted by Crippen LogP contribution is -2.38. The molecule has 0 atom stereocenters. The summed E-state index contributed by atoms with van der Waals surface area (Å²) in [5.41, 5.74) is 2.17. The van der Waals surface area contributed by atoms with Gasteiger partial charge in [-0.1, -0.05) is 24.3 Å². The highest BCUT2D eigenvalue weighted by Gasteiger charge is 2.23. The highest BCUT2D eigenvalue weighted by Crippen LogP contribution is 2.27. The molecule has 2 aromatic carbocycles. The predicted molar refractivity (Wildman–Crippen MR) is 82.8 cm³/mol. The van der Waals surface area contributed by atoms with Gasteiger partial charge in [0.1, 0.15) is 11.6 Å². The van der Waals surface area contributed by atoms with Gasteiger partial charge in [0.05, 0.1) is 5.69 Å². The second kappa shape index (κ2) is 6.82. The van der Waals surface area contributed by atoms with Crippen LogP contribution in [-0.2, 0) is 12.8 Å². The number of alkyl halides is 2. The van der Waals surface area contributed by atoms with Crippen molar-refractivity contribution in [1.29, 1.82) is 0 Å². The lowest BCUT2D eigenvalue weighted by atomic mass is 10.1. The van der Waals surface area contributed by atoms with Crippen LogP contribution in [0.25, 0.3) is 0 Å². The van der Waals surface area contributed by atoms with Gasteiger partial charge in [-0.25, -0.2) is 9.18 Å². The fraction of sp³-hybridized carbons (Fsp3) is 0.235. The minimum Gasteiger partial charge on any atom is -0.433 e. The molecule has 24 heavy (non-hydrogen) atoms. The van der Waals surface area contributed by atoms with Crippen molar-refractivity contribution in [3.05, 3.63) is 59.4 Å². The Bertz CT molecular complexity index is 727. The number of ether oxygens (including phenoxy) is 1. The van der Waals surface area contributed by atoms with Crippen molar-refractivity contribution in [2.24, 2.45) is 0 Å². The van der Waals surface area contributed by atoms with E-state index in [0.717, 1.165) is 29.3 Å². The SMILES string of the molecule is O=C(Nc1cc(F)ccc1OC(F)F)NC1Cc2ccccc2C1. The second-order valence-electron chi connectivity index (χ2n) is 5.49. The summed E-state index contributed by atoms with van der Waals surface area (Å²) in [6.07, 6.45) is 1.38. The lowest BCUT2D eigenvalue weighted by molar-refractivity contribution is -0.0494. The summed E-state index contributed by atoms with van der Waals surface area (Å²) in [5.74, 6) is -0.962. The van der Waals surface area contributed by atoms with Gasteiger partial charge < -0.3 is 15.4 Å². The molecule has 0 bridgehead atoms. The first-order valence-corrected chi connectivity index (χ1v) is 7.40. The normalized spacial score (nSPS) is 13.7. The van der Waals surface area contributed by atoms with Crippen LogP contribution in [0.15, 0.2) is 42.5 Å². The Labute approximate surface area is 136 Å². The summed E-state index contributed by atoms with van der Waals surface area (Å²) in [6, 6.07) is 10.1. The van der Waals surface area contributed by atoms with Crippen molar-refractivity contribution in [2.75, 3.05) is 5.32 Å². The topological polar surface area (TPSA) is 50.4 Å². The molecule has 1 aliphatic carbocycles. The van der Waals surface area contributed by atoms with Crippen LogP contribution in [0.3, 0.4) is 0 Å². The van der Waals surface area contributed by atoms with Crippen LogP contribution < -0.4 is 15.4 Å². The van der Waals surface area contributed by atoms with Crippen LogP contribution in [0.4, 0.5) is 23.7 Å². The summed E-state index contributed by atoms with van der Waals surface area (Å²) < 4.78 is 42.3. The number of hydrogen-bond acceptors (Lipinski definition) is 2. The number of urea groups is 1. The summed E-state index contributed by atoms with van der Waals surface area (Å²) >= 11 is 0. The number of rotatable bonds is 4. The Hall–Kier alpha value is -2.70. The Kier molecular flexibility index (Phi) is 4.59. The van der Waals surface area contributed by atoms with Gasteiger partial charge in [0, 0.05) is 12.1 Å². The number of benzene rings is 2. The number of halogens is 3. The minimum atomic E-state index is -3.07. The molecule has 2 N–H and O–H groups in total. The standard InChI is InChI=1S/C17H15F3N2O2/c18-12-5-6-15(24-16(19)20)14(9-12)22-17(23)21-13-7-10-3-1-2-4-11(10)8-13/h1-6,9,13,16H,7-8H2,(H2,21,22,23). The van der Waals surface area contributed by atoms with Gasteiger partial charge in [-0.2, -0.15) is 8.78 Å². The predicted octanol–water partition coefficient (Wildman–Crippen LogP) is 3.72. The summed E-state index contributed by atoms with van der Waals surface area (Å²) in [5, 5.41) is 5.12. The van der Waals surface area contributed by atoms with Crippen LogP contribution >= 0.6 is 0 Å². The molecule has 0 aliphatic heterocycles. The molecule has 0 fully saturated rings. The van der Waals surface area contributed by atoms with E-state index in [1.165, 1.54) is 0 Å². The molecule has 4 nitrogen and oxygen atoms in total. The Morgan fingerprint density at radius 1 is 1.12 bits per heavy atom. The van der Waals surface area contributed by atoms with E-state index in [-0.39, 0.29) is 17.5 Å². The van der Waals surface area contributed by atoms with E-state index in [1.807, 2.05) is 24.3 Å². The van der Waals surface area contributed by atoms with Crippen molar-refractivity contribution in [3.63, 3.8) is 0 Å². The first-order chi connectivity index (χ1) is 11.5. The monoisotopic (exact) mass is 336 g/mol. The molecule has 0 aromatic heterocycles. The molecular weight excluding hydrogens is 321 g/mol. The summed E-state index contributed by atoms with van der Waals surface area (Å²) in [4.78, 5) is 12.1. The third kappa shape index (κ3) is 3.79. The quantitative estimate of drug-likeness (QED) is 0.894. The number of fused-ring (bicyclic) bond motifs is 1. The zero-order chi connectivity index (χ0) is 17.1. The van der Waals surface area contributed by atoms with Gasteiger partial charge >= 0.3 is 12.6 Å². The smallest absolute Gasteiger partial charge is 0.387 e. The molecule has 2 aromatic rings. The van der Waals surface area contributed by atoms with Gasteiger partial charge in [-0.15, -0.1) is 0 Å². The highest BCUT2D eigenvalue weighted by atomic mass is 19.3. The zero-order valence-corrected chi connectivity index (χ0v) is 12.6. The molecule has 2 amide bonds. The van der Waals surface area contributed by atoms with Crippen LogP contribution in [0.1, 0.15) is 11.1 Å². The van der Waals surface area contributed by atoms with Gasteiger partial charge in [0.15, 0.2) is 0 Å². The van der Waals surface area contributed by atoms with Crippen molar-refractivity contribution >= 4 is 11.7 Å². The van der Waals surface area contributed by atoms with E-state index in [4.69, 9.17) is 0 Å². The van der Waals surface area contributed by atoms with Crippen molar-refractivity contribution < 1.29 is 22.7 Å². The molecule has 126 valence electrons. The molecule has 0 saturated carbocycles. The Morgan fingerprint density at radius 3 is 2.42 bits per heavy atom. The molecular formula is C17H15F3N2O2.